The average molecular weight is 210 g/mol. The van der Waals surface area contributed by atoms with E-state index in [1.807, 2.05) is 0 Å². The maximum atomic E-state index is 10.3. The highest BCUT2D eigenvalue weighted by Crippen LogP contribution is 2.14. The van der Waals surface area contributed by atoms with Gasteiger partial charge in [-0.3, -0.25) is 4.79 Å². The second-order valence-corrected chi connectivity index (χ2v) is 3.54. The Kier molecular flexibility index (Phi) is 5.59. The van der Waals surface area contributed by atoms with Crippen molar-refractivity contribution in [1.82, 2.24) is 0 Å². The van der Waals surface area contributed by atoms with E-state index in [9.17, 15) is 4.79 Å². The molecule has 0 N–H and O–H groups in total. The molecule has 0 aliphatic carbocycles. The molecule has 0 spiro atoms. The first-order valence-corrected chi connectivity index (χ1v) is 5.54. The molecular formula is C12H18O3. The fourth-order valence-electron chi connectivity index (χ4n) is 1.35. The Bertz CT molecular complexity index is 278. The van der Waals surface area contributed by atoms with Crippen LogP contribution in [0.15, 0.2) is 16.5 Å². The monoisotopic (exact) mass is 210 g/mol. The minimum atomic E-state index is 0.316. The molecule has 0 aromatic carbocycles. The van der Waals surface area contributed by atoms with E-state index in [-0.39, 0.29) is 0 Å². The molecule has 1 aromatic rings. The second-order valence-electron chi connectivity index (χ2n) is 3.54. The van der Waals surface area contributed by atoms with Crippen LogP contribution in [0.4, 0.5) is 0 Å². The van der Waals surface area contributed by atoms with Gasteiger partial charge in [-0.15, -0.1) is 0 Å². The summed E-state index contributed by atoms with van der Waals surface area (Å²) < 4.78 is 10.4. The zero-order valence-corrected chi connectivity index (χ0v) is 9.20. The summed E-state index contributed by atoms with van der Waals surface area (Å²) in [4.78, 5) is 10.3. The summed E-state index contributed by atoms with van der Waals surface area (Å²) in [6, 6.07) is 3.29. The van der Waals surface area contributed by atoms with Gasteiger partial charge in [-0.1, -0.05) is 32.6 Å². The van der Waals surface area contributed by atoms with Crippen molar-refractivity contribution >= 4 is 6.29 Å². The molecule has 0 aliphatic heterocycles. The van der Waals surface area contributed by atoms with Crippen LogP contribution in [0.3, 0.4) is 0 Å². The van der Waals surface area contributed by atoms with Crippen molar-refractivity contribution < 1.29 is 13.9 Å². The smallest absolute Gasteiger partial charge is 0.284 e. The Morgan fingerprint density at radius 2 is 2.07 bits per heavy atom. The molecule has 1 aromatic heterocycles. The largest absolute Gasteiger partial charge is 0.465 e. The van der Waals surface area contributed by atoms with Crippen molar-refractivity contribution in [2.24, 2.45) is 0 Å². The Hall–Kier alpha value is -1.25. The molecular weight excluding hydrogens is 192 g/mol. The standard InChI is InChI=1S/C12H18O3/c1-2-3-4-5-6-9-14-12-8-7-11(10-13)15-12/h7-8,10H,2-6,9H2,1H3. The number of aldehydes is 1. The zero-order valence-electron chi connectivity index (χ0n) is 9.20. The topological polar surface area (TPSA) is 39.4 Å². The van der Waals surface area contributed by atoms with Gasteiger partial charge in [0.1, 0.15) is 0 Å². The van der Waals surface area contributed by atoms with Crippen molar-refractivity contribution in [3.8, 4) is 5.95 Å². The highest BCUT2D eigenvalue weighted by atomic mass is 16.6. The van der Waals surface area contributed by atoms with Crippen molar-refractivity contribution in [3.63, 3.8) is 0 Å². The van der Waals surface area contributed by atoms with Crippen molar-refractivity contribution in [3.05, 3.63) is 17.9 Å². The van der Waals surface area contributed by atoms with E-state index in [1.54, 1.807) is 12.1 Å². The zero-order chi connectivity index (χ0) is 10.9. The lowest BCUT2D eigenvalue weighted by Gasteiger charge is -2.01. The van der Waals surface area contributed by atoms with Crippen LogP contribution in [0, 0.1) is 0 Å². The van der Waals surface area contributed by atoms with Gasteiger partial charge >= 0.3 is 0 Å². The molecule has 0 aliphatic rings. The lowest BCUT2D eigenvalue weighted by molar-refractivity contribution is 0.109. The molecule has 0 saturated heterocycles. The summed E-state index contributed by atoms with van der Waals surface area (Å²) in [6.07, 6.45) is 6.70. The van der Waals surface area contributed by atoms with Gasteiger partial charge < -0.3 is 9.15 Å². The average Bonchev–Trinajstić information content (AvgIpc) is 2.71. The van der Waals surface area contributed by atoms with E-state index in [4.69, 9.17) is 9.15 Å². The molecule has 0 fully saturated rings. The molecule has 1 heterocycles. The van der Waals surface area contributed by atoms with Crippen LogP contribution in [0.2, 0.25) is 0 Å². The fourth-order valence-corrected chi connectivity index (χ4v) is 1.35. The molecule has 3 heteroatoms. The van der Waals surface area contributed by atoms with Gasteiger partial charge in [0.05, 0.1) is 6.61 Å². The second kappa shape index (κ2) is 7.10. The third-order valence-electron chi connectivity index (χ3n) is 2.21. The lowest BCUT2D eigenvalue weighted by atomic mass is 10.2. The maximum absolute atomic E-state index is 10.3. The van der Waals surface area contributed by atoms with Crippen LogP contribution < -0.4 is 4.74 Å². The van der Waals surface area contributed by atoms with E-state index >= 15 is 0 Å². The van der Waals surface area contributed by atoms with E-state index in [1.165, 1.54) is 25.7 Å². The summed E-state index contributed by atoms with van der Waals surface area (Å²) >= 11 is 0. The van der Waals surface area contributed by atoms with E-state index in [0.717, 1.165) is 6.42 Å². The van der Waals surface area contributed by atoms with Crippen LogP contribution >= 0.6 is 0 Å². The van der Waals surface area contributed by atoms with Gasteiger partial charge in [0.15, 0.2) is 12.0 Å². The number of furan rings is 1. The molecule has 1 rings (SSSR count). The predicted octanol–water partition coefficient (Wildman–Crippen LogP) is 3.44. The summed E-state index contributed by atoms with van der Waals surface area (Å²) in [5.74, 6) is 0.753. The minimum absolute atomic E-state index is 0.316. The van der Waals surface area contributed by atoms with Crippen LogP contribution in [0.5, 0.6) is 5.95 Å². The maximum Gasteiger partial charge on any atom is 0.284 e. The van der Waals surface area contributed by atoms with Gasteiger partial charge in [0.25, 0.3) is 5.95 Å². The molecule has 3 nitrogen and oxygen atoms in total. The van der Waals surface area contributed by atoms with Gasteiger partial charge in [-0.2, -0.15) is 0 Å². The molecule has 15 heavy (non-hydrogen) atoms. The quantitative estimate of drug-likeness (QED) is 0.487. The highest BCUT2D eigenvalue weighted by Gasteiger charge is 2.00. The lowest BCUT2D eigenvalue weighted by Crippen LogP contribution is -1.95. The summed E-state index contributed by atoms with van der Waals surface area (Å²) in [6.45, 7) is 2.86. The van der Waals surface area contributed by atoms with Crippen LogP contribution in [-0.4, -0.2) is 12.9 Å². The summed E-state index contributed by atoms with van der Waals surface area (Å²) in [7, 11) is 0. The molecule has 0 bridgehead atoms. The molecule has 0 saturated carbocycles. The summed E-state index contributed by atoms with van der Waals surface area (Å²) in [5, 5.41) is 0. The normalized spacial score (nSPS) is 10.2. The van der Waals surface area contributed by atoms with E-state index in [2.05, 4.69) is 6.92 Å². The Morgan fingerprint density at radius 3 is 2.73 bits per heavy atom. The van der Waals surface area contributed by atoms with Crippen LogP contribution in [-0.2, 0) is 0 Å². The number of unbranched alkanes of at least 4 members (excludes halogenated alkanes) is 4. The number of hydrogen-bond donors (Lipinski definition) is 0. The number of rotatable bonds is 8. The minimum Gasteiger partial charge on any atom is -0.465 e. The van der Waals surface area contributed by atoms with Crippen molar-refractivity contribution in [2.45, 2.75) is 39.0 Å². The number of ether oxygens (including phenoxy) is 1. The van der Waals surface area contributed by atoms with Gasteiger partial charge in [-0.05, 0) is 12.5 Å². The number of carbonyl (C=O) groups is 1. The third-order valence-corrected chi connectivity index (χ3v) is 2.21. The molecule has 0 unspecified atom stereocenters. The fraction of sp³-hybridized carbons (Fsp3) is 0.583. The Labute approximate surface area is 90.4 Å². The van der Waals surface area contributed by atoms with Crippen molar-refractivity contribution in [1.29, 1.82) is 0 Å². The SMILES string of the molecule is CCCCCCCOc1ccc(C=O)o1. The van der Waals surface area contributed by atoms with Gasteiger partial charge in [0, 0.05) is 6.07 Å². The number of hydrogen-bond acceptors (Lipinski definition) is 3. The number of carbonyl (C=O) groups excluding carboxylic acids is 1. The first kappa shape index (κ1) is 11.8. The molecule has 84 valence electrons. The Morgan fingerprint density at radius 1 is 1.27 bits per heavy atom. The first-order valence-electron chi connectivity index (χ1n) is 5.54. The van der Waals surface area contributed by atoms with Gasteiger partial charge in [0.2, 0.25) is 0 Å². The van der Waals surface area contributed by atoms with E-state index < -0.39 is 0 Å². The van der Waals surface area contributed by atoms with Gasteiger partial charge in [-0.25, -0.2) is 0 Å². The third kappa shape index (κ3) is 4.68. The predicted molar refractivity (Wildman–Crippen MR) is 58.3 cm³/mol. The first-order chi connectivity index (χ1) is 7.36. The van der Waals surface area contributed by atoms with Crippen LogP contribution in [0.25, 0.3) is 0 Å². The molecule has 0 atom stereocenters. The van der Waals surface area contributed by atoms with Crippen LogP contribution in [0.1, 0.15) is 49.6 Å². The molecule has 0 amide bonds. The Balaban J connectivity index is 2.07. The highest BCUT2D eigenvalue weighted by molar-refractivity contribution is 5.70. The van der Waals surface area contributed by atoms with E-state index in [0.29, 0.717) is 24.6 Å². The molecule has 0 radical (unpaired) electrons. The van der Waals surface area contributed by atoms with Crippen molar-refractivity contribution in [2.75, 3.05) is 6.61 Å². The summed E-state index contributed by atoms with van der Waals surface area (Å²) in [5.41, 5.74) is 0.